The molecule has 0 radical (unpaired) electrons. The van der Waals surface area contributed by atoms with Gasteiger partial charge in [0.05, 0.1) is 11.6 Å². The number of ether oxygens (including phenoxy) is 1. The lowest BCUT2D eigenvalue weighted by atomic mass is 10.2. The number of halogens is 2. The SMILES string of the molecule is CCOC(=O)c1nc(-c2cccc(F)c2Cl)n[nH]1. The topological polar surface area (TPSA) is 67.9 Å². The van der Waals surface area contributed by atoms with Crippen LogP contribution in [0.4, 0.5) is 4.39 Å². The fraction of sp³-hybridized carbons (Fsp3) is 0.182. The highest BCUT2D eigenvalue weighted by molar-refractivity contribution is 6.33. The Bertz CT molecular complexity index is 585. The van der Waals surface area contributed by atoms with E-state index in [0.717, 1.165) is 0 Å². The molecular weight excluding hydrogens is 261 g/mol. The number of aromatic amines is 1. The van der Waals surface area contributed by atoms with Gasteiger partial charge in [-0.2, -0.15) is 5.10 Å². The summed E-state index contributed by atoms with van der Waals surface area (Å²) in [6.07, 6.45) is 0. The molecule has 1 aromatic heterocycles. The Morgan fingerprint density at radius 3 is 3.06 bits per heavy atom. The molecule has 0 spiro atoms. The molecule has 1 N–H and O–H groups in total. The Balaban J connectivity index is 2.35. The first-order valence-electron chi connectivity index (χ1n) is 5.17. The first-order valence-corrected chi connectivity index (χ1v) is 5.55. The molecule has 0 fully saturated rings. The Hall–Kier alpha value is -1.95. The van der Waals surface area contributed by atoms with Gasteiger partial charge < -0.3 is 4.74 Å². The predicted octanol–water partition coefficient (Wildman–Crippen LogP) is 2.44. The van der Waals surface area contributed by atoms with E-state index in [1.165, 1.54) is 12.1 Å². The molecule has 0 saturated heterocycles. The van der Waals surface area contributed by atoms with E-state index in [1.54, 1.807) is 13.0 Å². The molecule has 0 bridgehead atoms. The maximum atomic E-state index is 13.3. The van der Waals surface area contributed by atoms with Crippen molar-refractivity contribution in [3.8, 4) is 11.4 Å². The van der Waals surface area contributed by atoms with E-state index in [9.17, 15) is 9.18 Å². The highest BCUT2D eigenvalue weighted by atomic mass is 35.5. The van der Waals surface area contributed by atoms with Crippen molar-refractivity contribution in [3.05, 3.63) is 34.9 Å². The molecule has 1 heterocycles. The lowest BCUT2D eigenvalue weighted by Gasteiger charge is -1.99. The minimum absolute atomic E-state index is 0.0489. The molecule has 18 heavy (non-hydrogen) atoms. The highest BCUT2D eigenvalue weighted by Gasteiger charge is 2.16. The van der Waals surface area contributed by atoms with E-state index in [2.05, 4.69) is 15.2 Å². The van der Waals surface area contributed by atoms with Crippen LogP contribution in [0.15, 0.2) is 18.2 Å². The van der Waals surface area contributed by atoms with Gasteiger partial charge in [0.2, 0.25) is 5.82 Å². The summed E-state index contributed by atoms with van der Waals surface area (Å²) in [5.41, 5.74) is 0.309. The monoisotopic (exact) mass is 269 g/mol. The summed E-state index contributed by atoms with van der Waals surface area (Å²) in [6, 6.07) is 4.27. The average Bonchev–Trinajstić information content (AvgIpc) is 2.82. The van der Waals surface area contributed by atoms with Gasteiger partial charge >= 0.3 is 5.97 Å². The Kier molecular flexibility index (Phi) is 3.57. The standard InChI is InChI=1S/C11H9ClFN3O2/c1-2-18-11(17)10-14-9(15-16-10)6-4-3-5-7(13)8(6)12/h3-5H,2H2,1H3,(H,14,15,16). The van der Waals surface area contributed by atoms with Gasteiger partial charge in [-0.05, 0) is 19.1 Å². The molecule has 0 atom stereocenters. The zero-order chi connectivity index (χ0) is 13.1. The van der Waals surface area contributed by atoms with E-state index in [0.29, 0.717) is 5.56 Å². The second kappa shape index (κ2) is 5.14. The number of carbonyl (C=O) groups is 1. The molecule has 2 aromatic rings. The zero-order valence-electron chi connectivity index (χ0n) is 9.41. The van der Waals surface area contributed by atoms with Crippen LogP contribution in [0.1, 0.15) is 17.5 Å². The van der Waals surface area contributed by atoms with Crippen LogP contribution in [0.2, 0.25) is 5.02 Å². The smallest absolute Gasteiger partial charge is 0.375 e. The third-order valence-corrected chi connectivity index (χ3v) is 2.53. The van der Waals surface area contributed by atoms with Crippen LogP contribution in [0.3, 0.4) is 0 Å². The van der Waals surface area contributed by atoms with Crippen LogP contribution in [0.25, 0.3) is 11.4 Å². The van der Waals surface area contributed by atoms with Crippen LogP contribution in [0, 0.1) is 5.82 Å². The van der Waals surface area contributed by atoms with E-state index in [4.69, 9.17) is 16.3 Å². The van der Waals surface area contributed by atoms with Gasteiger partial charge in [0, 0.05) is 5.56 Å². The van der Waals surface area contributed by atoms with Crippen molar-refractivity contribution >= 4 is 17.6 Å². The van der Waals surface area contributed by atoms with Crippen molar-refractivity contribution in [2.45, 2.75) is 6.92 Å². The Labute approximate surface area is 107 Å². The molecule has 0 aliphatic carbocycles. The quantitative estimate of drug-likeness (QED) is 0.869. The van der Waals surface area contributed by atoms with Crippen molar-refractivity contribution in [3.63, 3.8) is 0 Å². The number of benzene rings is 1. The van der Waals surface area contributed by atoms with Crippen molar-refractivity contribution in [2.75, 3.05) is 6.61 Å². The number of carbonyl (C=O) groups excluding carboxylic acids is 1. The second-order valence-corrected chi connectivity index (χ2v) is 3.71. The molecule has 0 saturated carbocycles. The number of H-pyrrole nitrogens is 1. The van der Waals surface area contributed by atoms with Crippen molar-refractivity contribution in [2.24, 2.45) is 0 Å². The molecule has 2 rings (SSSR count). The van der Waals surface area contributed by atoms with E-state index in [1.807, 2.05) is 0 Å². The first kappa shape index (κ1) is 12.5. The summed E-state index contributed by atoms with van der Waals surface area (Å²) in [5.74, 6) is -1.10. The normalized spacial score (nSPS) is 10.4. The molecule has 94 valence electrons. The number of rotatable bonds is 3. The highest BCUT2D eigenvalue weighted by Crippen LogP contribution is 2.27. The summed E-state index contributed by atoms with van der Waals surface area (Å²) < 4.78 is 18.0. The number of nitrogens with zero attached hydrogens (tertiary/aromatic N) is 2. The van der Waals surface area contributed by atoms with Gasteiger partial charge in [0.1, 0.15) is 5.82 Å². The summed E-state index contributed by atoms with van der Waals surface area (Å²) in [4.78, 5) is 15.3. The average molecular weight is 270 g/mol. The number of hydrogen-bond acceptors (Lipinski definition) is 4. The maximum Gasteiger partial charge on any atom is 0.375 e. The minimum atomic E-state index is -0.622. The van der Waals surface area contributed by atoms with Crippen molar-refractivity contribution in [1.29, 1.82) is 0 Å². The molecule has 0 aliphatic rings. The predicted molar refractivity (Wildman–Crippen MR) is 62.7 cm³/mol. The lowest BCUT2D eigenvalue weighted by Crippen LogP contribution is -2.06. The molecular formula is C11H9ClFN3O2. The lowest BCUT2D eigenvalue weighted by molar-refractivity contribution is 0.0512. The van der Waals surface area contributed by atoms with E-state index in [-0.39, 0.29) is 23.3 Å². The molecule has 0 amide bonds. The van der Waals surface area contributed by atoms with Gasteiger partial charge in [0.25, 0.3) is 0 Å². The summed E-state index contributed by atoms with van der Waals surface area (Å²) >= 11 is 5.79. The Morgan fingerprint density at radius 1 is 1.56 bits per heavy atom. The molecule has 5 nitrogen and oxygen atoms in total. The van der Waals surface area contributed by atoms with Gasteiger partial charge in [0.15, 0.2) is 5.82 Å². The van der Waals surface area contributed by atoms with Crippen molar-refractivity contribution in [1.82, 2.24) is 15.2 Å². The van der Waals surface area contributed by atoms with Gasteiger partial charge in [-0.3, -0.25) is 5.10 Å². The summed E-state index contributed by atoms with van der Waals surface area (Å²) in [7, 11) is 0. The fourth-order valence-electron chi connectivity index (χ4n) is 1.35. The van der Waals surface area contributed by atoms with Crippen molar-refractivity contribution < 1.29 is 13.9 Å². The number of nitrogens with one attached hydrogen (secondary N) is 1. The third kappa shape index (κ3) is 2.33. The van der Waals surface area contributed by atoms with Crippen LogP contribution >= 0.6 is 11.6 Å². The maximum absolute atomic E-state index is 13.3. The first-order chi connectivity index (χ1) is 8.63. The molecule has 0 aliphatic heterocycles. The number of hydrogen-bond donors (Lipinski definition) is 1. The third-order valence-electron chi connectivity index (χ3n) is 2.15. The fourth-order valence-corrected chi connectivity index (χ4v) is 1.56. The second-order valence-electron chi connectivity index (χ2n) is 3.33. The van der Waals surface area contributed by atoms with Crippen LogP contribution in [-0.4, -0.2) is 27.8 Å². The summed E-state index contributed by atoms with van der Waals surface area (Å²) in [6.45, 7) is 1.91. The van der Waals surface area contributed by atoms with E-state index < -0.39 is 11.8 Å². The van der Waals surface area contributed by atoms with E-state index >= 15 is 0 Å². The zero-order valence-corrected chi connectivity index (χ0v) is 10.2. The molecule has 1 aromatic carbocycles. The Morgan fingerprint density at radius 2 is 2.33 bits per heavy atom. The van der Waals surface area contributed by atoms with Crippen LogP contribution in [-0.2, 0) is 4.74 Å². The minimum Gasteiger partial charge on any atom is -0.460 e. The summed E-state index contributed by atoms with van der Waals surface area (Å²) in [5, 5.41) is 6.13. The van der Waals surface area contributed by atoms with Gasteiger partial charge in [-0.15, -0.1) is 0 Å². The van der Waals surface area contributed by atoms with Gasteiger partial charge in [-0.1, -0.05) is 17.7 Å². The van der Waals surface area contributed by atoms with Gasteiger partial charge in [-0.25, -0.2) is 14.2 Å². The van der Waals surface area contributed by atoms with Crippen LogP contribution < -0.4 is 0 Å². The number of aromatic nitrogens is 3. The molecule has 7 heteroatoms. The molecule has 0 unspecified atom stereocenters. The largest absolute Gasteiger partial charge is 0.460 e. The number of esters is 1. The van der Waals surface area contributed by atoms with Crippen LogP contribution in [0.5, 0.6) is 0 Å².